The third-order valence-electron chi connectivity index (χ3n) is 4.97. The highest BCUT2D eigenvalue weighted by Gasteiger charge is 2.17. The van der Waals surface area contributed by atoms with Crippen LogP contribution in [0, 0.1) is 0 Å². The number of amides is 2. The topological polar surface area (TPSA) is 94.1 Å². The lowest BCUT2D eigenvalue weighted by Gasteiger charge is -2.25. The molecule has 1 N–H and O–H groups in total. The van der Waals surface area contributed by atoms with Gasteiger partial charge in [0.1, 0.15) is 0 Å². The quantitative estimate of drug-likeness (QED) is 0.539. The zero-order valence-electron chi connectivity index (χ0n) is 18.1. The lowest BCUT2D eigenvalue weighted by molar-refractivity contribution is -0.131. The minimum absolute atomic E-state index is 0.0716. The maximum Gasteiger partial charge on any atom is 0.335 e. The first kappa shape index (κ1) is 24.6. The molecule has 0 aliphatic carbocycles. The van der Waals surface area contributed by atoms with Crippen LogP contribution < -0.4 is 0 Å². The summed E-state index contributed by atoms with van der Waals surface area (Å²) in [6.45, 7) is 11.8. The number of carbonyl (C=O) groups excluding carboxylic acids is 2. The van der Waals surface area contributed by atoms with E-state index in [4.69, 9.17) is 0 Å². The minimum Gasteiger partial charge on any atom is -0.478 e. The molecule has 0 spiro atoms. The Hall–Kier alpha value is -2.48. The molecule has 0 saturated heterocycles. The number of pyridine rings is 1. The van der Waals surface area contributed by atoms with Crippen molar-refractivity contribution in [3.05, 3.63) is 29.6 Å². The maximum absolute atomic E-state index is 12.4. The smallest absolute Gasteiger partial charge is 0.335 e. The highest BCUT2D eigenvalue weighted by molar-refractivity contribution is 5.87. The zero-order chi connectivity index (χ0) is 21.8. The van der Waals surface area contributed by atoms with Crippen LogP contribution in [-0.2, 0) is 16.1 Å². The Bertz CT molecular complexity index is 644. The van der Waals surface area contributed by atoms with Crippen LogP contribution >= 0.6 is 0 Å². The average Bonchev–Trinajstić information content (AvgIpc) is 2.72. The molecule has 8 nitrogen and oxygen atoms in total. The van der Waals surface area contributed by atoms with E-state index in [0.717, 1.165) is 0 Å². The fraction of sp³-hybridized carbons (Fsp3) is 0.619. The van der Waals surface area contributed by atoms with Gasteiger partial charge in [-0.15, -0.1) is 0 Å². The van der Waals surface area contributed by atoms with Crippen LogP contribution in [0.1, 0.15) is 56.6 Å². The highest BCUT2D eigenvalue weighted by atomic mass is 16.4. The number of hydrogen-bond acceptors (Lipinski definition) is 5. The Morgan fingerprint density at radius 3 is 1.79 bits per heavy atom. The van der Waals surface area contributed by atoms with Gasteiger partial charge in [-0.05, 0) is 39.8 Å². The summed E-state index contributed by atoms with van der Waals surface area (Å²) in [7, 11) is 0. The largest absolute Gasteiger partial charge is 0.478 e. The molecule has 0 saturated carbocycles. The molecule has 162 valence electrons. The van der Waals surface area contributed by atoms with Crippen LogP contribution in [0.5, 0.6) is 0 Å². The van der Waals surface area contributed by atoms with Gasteiger partial charge in [0.2, 0.25) is 11.8 Å². The summed E-state index contributed by atoms with van der Waals surface area (Å²) in [6, 6.07) is 2.98. The molecule has 1 aromatic rings. The van der Waals surface area contributed by atoms with E-state index >= 15 is 0 Å². The van der Waals surface area contributed by atoms with Crippen LogP contribution in [0.25, 0.3) is 0 Å². The highest BCUT2D eigenvalue weighted by Crippen LogP contribution is 2.09. The van der Waals surface area contributed by atoms with E-state index in [2.05, 4.69) is 4.98 Å². The number of rotatable bonds is 13. The molecule has 0 unspecified atom stereocenters. The molecule has 0 bridgehead atoms. The molecule has 1 rings (SSSR count). The summed E-state index contributed by atoms with van der Waals surface area (Å²) < 4.78 is 0. The lowest BCUT2D eigenvalue weighted by atomic mass is 10.2. The van der Waals surface area contributed by atoms with Gasteiger partial charge in [0.25, 0.3) is 0 Å². The Morgan fingerprint density at radius 1 is 0.897 bits per heavy atom. The summed E-state index contributed by atoms with van der Waals surface area (Å²) in [4.78, 5) is 45.8. The van der Waals surface area contributed by atoms with Crippen LogP contribution in [0.4, 0.5) is 0 Å². The number of carboxylic acid groups (broad SMARTS) is 1. The van der Waals surface area contributed by atoms with Crippen molar-refractivity contribution < 1.29 is 19.5 Å². The number of nitrogens with zero attached hydrogens (tertiary/aromatic N) is 4. The predicted molar refractivity (Wildman–Crippen MR) is 112 cm³/mol. The van der Waals surface area contributed by atoms with Crippen LogP contribution in [0.3, 0.4) is 0 Å². The van der Waals surface area contributed by atoms with E-state index in [0.29, 0.717) is 64.3 Å². The first-order chi connectivity index (χ1) is 13.9. The van der Waals surface area contributed by atoms with E-state index in [1.807, 2.05) is 32.6 Å². The normalized spacial score (nSPS) is 10.8. The van der Waals surface area contributed by atoms with E-state index < -0.39 is 5.97 Å². The summed E-state index contributed by atoms with van der Waals surface area (Å²) in [5.74, 6) is -0.863. The fourth-order valence-corrected chi connectivity index (χ4v) is 3.17. The monoisotopic (exact) mass is 406 g/mol. The number of aromatic carboxylic acids is 1. The zero-order valence-corrected chi connectivity index (χ0v) is 18.1. The first-order valence-corrected chi connectivity index (χ1v) is 10.3. The van der Waals surface area contributed by atoms with E-state index in [1.54, 1.807) is 9.80 Å². The fourth-order valence-electron chi connectivity index (χ4n) is 3.17. The average molecular weight is 407 g/mol. The van der Waals surface area contributed by atoms with Gasteiger partial charge >= 0.3 is 5.97 Å². The van der Waals surface area contributed by atoms with Crippen molar-refractivity contribution >= 4 is 17.8 Å². The summed E-state index contributed by atoms with van der Waals surface area (Å²) >= 11 is 0. The van der Waals surface area contributed by atoms with Gasteiger partial charge in [-0.25, -0.2) is 4.79 Å². The number of carbonyl (C=O) groups is 3. The van der Waals surface area contributed by atoms with Gasteiger partial charge in [0.05, 0.1) is 11.3 Å². The molecule has 0 radical (unpaired) electrons. The first-order valence-electron chi connectivity index (χ1n) is 10.3. The molecule has 1 aromatic heterocycles. The SMILES string of the molecule is CCN(CC)C(=O)CCN(CCC(=O)N(CC)CC)Cc1cc(C(=O)O)ccn1. The molecule has 0 aliphatic heterocycles. The van der Waals surface area contributed by atoms with Crippen molar-refractivity contribution in [2.75, 3.05) is 39.3 Å². The van der Waals surface area contributed by atoms with Gasteiger partial charge in [-0.2, -0.15) is 0 Å². The Kier molecular flexibility index (Phi) is 10.9. The molecule has 1 heterocycles. The van der Waals surface area contributed by atoms with Gasteiger partial charge in [-0.3, -0.25) is 19.5 Å². The minimum atomic E-state index is -1.01. The van der Waals surface area contributed by atoms with E-state index in [-0.39, 0.29) is 17.4 Å². The molecular weight excluding hydrogens is 372 g/mol. The van der Waals surface area contributed by atoms with Crippen molar-refractivity contribution in [1.82, 2.24) is 19.7 Å². The third kappa shape index (κ3) is 8.19. The van der Waals surface area contributed by atoms with Crippen molar-refractivity contribution in [3.63, 3.8) is 0 Å². The van der Waals surface area contributed by atoms with Crippen molar-refractivity contribution in [3.8, 4) is 0 Å². The Morgan fingerprint density at radius 2 is 1.38 bits per heavy atom. The van der Waals surface area contributed by atoms with Gasteiger partial charge < -0.3 is 14.9 Å². The summed E-state index contributed by atoms with van der Waals surface area (Å²) in [6.07, 6.45) is 2.17. The van der Waals surface area contributed by atoms with Crippen molar-refractivity contribution in [2.45, 2.75) is 47.1 Å². The molecule has 0 atom stereocenters. The lowest BCUT2D eigenvalue weighted by Crippen LogP contribution is -2.37. The van der Waals surface area contributed by atoms with Gasteiger partial charge in [0, 0.05) is 64.9 Å². The molecule has 0 aliphatic rings. The number of carboxylic acids is 1. The van der Waals surface area contributed by atoms with Crippen LogP contribution in [0.2, 0.25) is 0 Å². The van der Waals surface area contributed by atoms with E-state index in [1.165, 1.54) is 18.3 Å². The predicted octanol–water partition coefficient (Wildman–Crippen LogP) is 2.10. The molecule has 0 fully saturated rings. The molecule has 8 heteroatoms. The van der Waals surface area contributed by atoms with Crippen LogP contribution in [-0.4, -0.2) is 81.8 Å². The second-order valence-corrected chi connectivity index (χ2v) is 6.75. The molecule has 29 heavy (non-hydrogen) atoms. The summed E-state index contributed by atoms with van der Waals surface area (Å²) in [5, 5.41) is 9.18. The Labute approximate surface area is 173 Å². The number of hydrogen-bond donors (Lipinski definition) is 1. The maximum atomic E-state index is 12.4. The van der Waals surface area contributed by atoms with Crippen molar-refractivity contribution in [2.24, 2.45) is 0 Å². The van der Waals surface area contributed by atoms with Crippen LogP contribution in [0.15, 0.2) is 18.3 Å². The van der Waals surface area contributed by atoms with Crippen molar-refractivity contribution in [1.29, 1.82) is 0 Å². The summed E-state index contributed by atoms with van der Waals surface area (Å²) in [5.41, 5.74) is 0.781. The number of aromatic nitrogens is 1. The molecular formula is C21H34N4O4. The van der Waals surface area contributed by atoms with Gasteiger partial charge in [-0.1, -0.05) is 0 Å². The second kappa shape index (κ2) is 12.9. The molecule has 2 amide bonds. The Balaban J connectivity index is 2.84. The molecule has 0 aromatic carbocycles. The van der Waals surface area contributed by atoms with Gasteiger partial charge in [0.15, 0.2) is 0 Å². The standard InChI is InChI=1S/C21H34N4O4/c1-5-24(6-2)19(26)10-13-23(14-11-20(27)25(7-3)8-4)16-18-15-17(21(28)29)9-12-22-18/h9,12,15H,5-8,10-11,13-14,16H2,1-4H3,(H,28,29). The van der Waals surface area contributed by atoms with E-state index in [9.17, 15) is 19.5 Å². The third-order valence-corrected chi connectivity index (χ3v) is 4.97. The second-order valence-electron chi connectivity index (χ2n) is 6.75.